The van der Waals surface area contributed by atoms with Gasteiger partial charge in [0.15, 0.2) is 0 Å². The van der Waals surface area contributed by atoms with Crippen molar-refractivity contribution in [2.24, 2.45) is 0 Å². The Bertz CT molecular complexity index is 3050. The van der Waals surface area contributed by atoms with Crippen molar-refractivity contribution in [3.8, 4) is 16.8 Å². The predicted octanol–water partition coefficient (Wildman–Crippen LogP) is 9.79. The Morgan fingerprint density at radius 3 is 1.96 bits per heavy atom. The number of rotatable bonds is 1. The first-order chi connectivity index (χ1) is 23.7. The molecule has 222 valence electrons. The third-order valence-electron chi connectivity index (χ3n) is 11.4. The normalized spacial score (nSPS) is 13.5. The second-order valence-electron chi connectivity index (χ2n) is 13.8. The van der Waals surface area contributed by atoms with Crippen molar-refractivity contribution >= 4 is 89.0 Å². The van der Waals surface area contributed by atoms with Crippen molar-refractivity contribution in [2.75, 3.05) is 4.81 Å². The summed E-state index contributed by atoms with van der Waals surface area (Å²) in [6.45, 7) is 4.54. The van der Waals surface area contributed by atoms with Crippen molar-refractivity contribution in [2.45, 2.75) is 13.8 Å². The highest BCUT2D eigenvalue weighted by molar-refractivity contribution is 6.93. The molecule has 0 bridgehead atoms. The molecule has 0 saturated carbocycles. The SMILES string of the molecule is Cc1cc2c3c(c1)-n1c4ccccc4c4cccc(c41)B3N(c1ccccc1C)c1cc3c(cc1-2)c1cccc2c4ccccc4n3c21. The van der Waals surface area contributed by atoms with Crippen molar-refractivity contribution in [1.29, 1.82) is 0 Å². The number of para-hydroxylation sites is 5. The average Bonchev–Trinajstić information content (AvgIpc) is 3.76. The second-order valence-corrected chi connectivity index (χ2v) is 13.8. The van der Waals surface area contributed by atoms with Gasteiger partial charge in [-0.05, 0) is 77.9 Å². The van der Waals surface area contributed by atoms with E-state index >= 15 is 0 Å². The lowest BCUT2D eigenvalue weighted by molar-refractivity contribution is 1.17. The van der Waals surface area contributed by atoms with E-state index in [1.807, 2.05) is 0 Å². The average molecular weight is 610 g/mol. The number of anilines is 2. The first-order valence-corrected chi connectivity index (χ1v) is 16.9. The molecule has 4 heteroatoms. The molecule has 3 nitrogen and oxygen atoms in total. The topological polar surface area (TPSA) is 12.6 Å². The Labute approximate surface area is 277 Å². The van der Waals surface area contributed by atoms with Crippen LogP contribution in [-0.2, 0) is 0 Å². The van der Waals surface area contributed by atoms with E-state index in [2.05, 4.69) is 161 Å². The van der Waals surface area contributed by atoms with E-state index in [1.54, 1.807) is 0 Å². The van der Waals surface area contributed by atoms with Crippen molar-refractivity contribution in [3.05, 3.63) is 145 Å². The van der Waals surface area contributed by atoms with Crippen LogP contribution in [0.25, 0.3) is 76.7 Å². The van der Waals surface area contributed by atoms with Gasteiger partial charge in [0.2, 0.25) is 0 Å². The lowest BCUT2D eigenvalue weighted by atomic mass is 9.44. The smallest absolute Gasteiger partial charge is 0.333 e. The number of aryl methyl sites for hydroxylation is 2. The summed E-state index contributed by atoms with van der Waals surface area (Å²) in [6, 6.07) is 50.3. The minimum atomic E-state index is 0.0213. The zero-order chi connectivity index (χ0) is 31.4. The van der Waals surface area contributed by atoms with Gasteiger partial charge in [-0.15, -0.1) is 0 Å². The molecule has 10 aromatic rings. The summed E-state index contributed by atoms with van der Waals surface area (Å²) in [6.07, 6.45) is 0. The fourth-order valence-electron chi connectivity index (χ4n) is 9.53. The van der Waals surface area contributed by atoms with Gasteiger partial charge in [-0.3, -0.25) is 0 Å². The highest BCUT2D eigenvalue weighted by atomic mass is 15.1. The van der Waals surface area contributed by atoms with Gasteiger partial charge in [-0.25, -0.2) is 0 Å². The van der Waals surface area contributed by atoms with Gasteiger partial charge in [-0.1, -0.05) is 97.1 Å². The minimum Gasteiger partial charge on any atom is -0.376 e. The molecule has 12 rings (SSSR count). The maximum atomic E-state index is 2.66. The molecule has 0 radical (unpaired) electrons. The predicted molar refractivity (Wildman–Crippen MR) is 204 cm³/mol. The van der Waals surface area contributed by atoms with E-state index in [9.17, 15) is 0 Å². The monoisotopic (exact) mass is 609 g/mol. The Hall–Kier alpha value is -6.00. The maximum Gasteiger partial charge on any atom is 0.333 e. The number of nitrogens with zero attached hydrogens (tertiary/aromatic N) is 3. The van der Waals surface area contributed by atoms with E-state index in [0.29, 0.717) is 0 Å². The molecule has 2 aliphatic rings. The Morgan fingerprint density at radius 2 is 1.12 bits per heavy atom. The number of hydrogen-bond acceptors (Lipinski definition) is 1. The fourth-order valence-corrected chi connectivity index (χ4v) is 9.53. The van der Waals surface area contributed by atoms with E-state index in [4.69, 9.17) is 0 Å². The summed E-state index contributed by atoms with van der Waals surface area (Å²) in [5, 5.41) is 7.88. The van der Waals surface area contributed by atoms with Crippen LogP contribution >= 0.6 is 0 Å². The molecule has 2 aliphatic heterocycles. The maximum absolute atomic E-state index is 2.66. The molecular formula is C44H28BN3. The molecule has 0 unspecified atom stereocenters. The molecule has 0 amide bonds. The Kier molecular flexibility index (Phi) is 4.44. The number of fused-ring (bicyclic) bond motifs is 13. The molecule has 0 spiro atoms. The van der Waals surface area contributed by atoms with E-state index in [1.165, 1.54) is 110 Å². The van der Waals surface area contributed by atoms with Gasteiger partial charge in [-0.2, -0.15) is 0 Å². The molecule has 7 aromatic carbocycles. The van der Waals surface area contributed by atoms with Gasteiger partial charge in [0, 0.05) is 54.9 Å². The van der Waals surface area contributed by atoms with Crippen LogP contribution in [0.15, 0.2) is 133 Å². The molecule has 0 fully saturated rings. The van der Waals surface area contributed by atoms with Gasteiger partial charge in [0.1, 0.15) is 0 Å². The van der Waals surface area contributed by atoms with Crippen molar-refractivity contribution in [3.63, 3.8) is 0 Å². The fraction of sp³-hybridized carbons (Fsp3) is 0.0455. The molecule has 3 aromatic heterocycles. The van der Waals surface area contributed by atoms with Crippen LogP contribution < -0.4 is 15.7 Å². The Morgan fingerprint density at radius 1 is 0.458 bits per heavy atom. The summed E-state index contributed by atoms with van der Waals surface area (Å²) >= 11 is 0. The van der Waals surface area contributed by atoms with Gasteiger partial charge >= 0.3 is 6.85 Å². The lowest BCUT2D eigenvalue weighted by Gasteiger charge is -2.43. The molecule has 0 atom stereocenters. The first kappa shape index (κ1) is 25.1. The van der Waals surface area contributed by atoms with Gasteiger partial charge in [0.25, 0.3) is 0 Å². The first-order valence-electron chi connectivity index (χ1n) is 16.9. The van der Waals surface area contributed by atoms with Gasteiger partial charge in [0.05, 0.1) is 27.6 Å². The van der Waals surface area contributed by atoms with Crippen LogP contribution in [-0.4, -0.2) is 15.8 Å². The quantitative estimate of drug-likeness (QED) is 0.169. The van der Waals surface area contributed by atoms with Gasteiger partial charge < -0.3 is 13.8 Å². The summed E-state index contributed by atoms with van der Waals surface area (Å²) in [7, 11) is 0. The number of benzene rings is 7. The third-order valence-corrected chi connectivity index (χ3v) is 11.4. The van der Waals surface area contributed by atoms with Crippen molar-refractivity contribution < 1.29 is 0 Å². The molecular weight excluding hydrogens is 581 g/mol. The van der Waals surface area contributed by atoms with Crippen LogP contribution in [0.1, 0.15) is 11.1 Å². The number of aromatic nitrogens is 2. The van der Waals surface area contributed by atoms with Crippen LogP contribution in [0.5, 0.6) is 0 Å². The standard InChI is InChI=1S/C44H28BN3/c1-25-21-34-33-23-32-31-15-9-14-29-27-12-4-7-19-37(27)46(43(29)31)39(32)24-40(33)48(36-18-6-3-11-26(36)2)45-35-17-10-16-30-28-13-5-8-20-38(28)47(44(30)35)41(22-25)42(34)45/h3-24H,1-2H3. The van der Waals surface area contributed by atoms with E-state index in [0.717, 1.165) is 0 Å². The van der Waals surface area contributed by atoms with E-state index < -0.39 is 0 Å². The Balaban J connectivity index is 1.30. The molecule has 0 saturated heterocycles. The van der Waals surface area contributed by atoms with Crippen LogP contribution in [0.3, 0.4) is 0 Å². The highest BCUT2D eigenvalue weighted by Gasteiger charge is 2.44. The zero-order valence-electron chi connectivity index (χ0n) is 26.6. The van der Waals surface area contributed by atoms with E-state index in [-0.39, 0.29) is 6.85 Å². The summed E-state index contributed by atoms with van der Waals surface area (Å²) < 4.78 is 5.07. The molecule has 5 heterocycles. The van der Waals surface area contributed by atoms with Crippen LogP contribution in [0, 0.1) is 13.8 Å². The molecule has 0 N–H and O–H groups in total. The third kappa shape index (κ3) is 2.82. The summed E-state index contributed by atoms with van der Waals surface area (Å²) in [4.78, 5) is 2.66. The van der Waals surface area contributed by atoms with Crippen LogP contribution in [0.2, 0.25) is 0 Å². The zero-order valence-corrected chi connectivity index (χ0v) is 26.6. The summed E-state index contributed by atoms with van der Waals surface area (Å²) in [5.74, 6) is 0. The largest absolute Gasteiger partial charge is 0.376 e. The molecule has 0 aliphatic carbocycles. The lowest BCUT2D eigenvalue weighted by Crippen LogP contribution is -2.60. The summed E-state index contributed by atoms with van der Waals surface area (Å²) in [5.41, 5.74) is 18.2. The number of hydrogen-bond donors (Lipinski definition) is 0. The minimum absolute atomic E-state index is 0.0213. The second kappa shape index (κ2) is 8.47. The highest BCUT2D eigenvalue weighted by Crippen LogP contribution is 2.49. The van der Waals surface area contributed by atoms with Crippen LogP contribution in [0.4, 0.5) is 11.4 Å². The van der Waals surface area contributed by atoms with Crippen molar-refractivity contribution in [1.82, 2.24) is 8.97 Å². The molecule has 48 heavy (non-hydrogen) atoms.